The van der Waals surface area contributed by atoms with E-state index in [1.54, 1.807) is 14.2 Å². The highest BCUT2D eigenvalue weighted by atomic mass is 16.5. The van der Waals surface area contributed by atoms with Gasteiger partial charge in [-0.2, -0.15) is 0 Å². The summed E-state index contributed by atoms with van der Waals surface area (Å²) in [5.41, 5.74) is 4.01. The molecule has 2 N–H and O–H groups in total. The van der Waals surface area contributed by atoms with Crippen molar-refractivity contribution in [1.82, 2.24) is 9.97 Å². The Morgan fingerprint density at radius 3 is 2.14 bits per heavy atom. The highest BCUT2D eigenvalue weighted by Crippen LogP contribution is 2.39. The van der Waals surface area contributed by atoms with Gasteiger partial charge in [-0.3, -0.25) is 0 Å². The summed E-state index contributed by atoms with van der Waals surface area (Å²) < 4.78 is 16.2. The lowest BCUT2D eigenvalue weighted by Crippen LogP contribution is -2.06. The number of methoxy groups -OCH3 is 2. The van der Waals surface area contributed by atoms with Crippen molar-refractivity contribution in [1.29, 1.82) is 0 Å². The first-order chi connectivity index (χ1) is 14.1. The lowest BCUT2D eigenvalue weighted by atomic mass is 10.0. The van der Waals surface area contributed by atoms with E-state index in [2.05, 4.69) is 16.0 Å². The van der Waals surface area contributed by atoms with Crippen molar-refractivity contribution in [3.05, 3.63) is 48.0 Å². The zero-order valence-electron chi connectivity index (χ0n) is 16.4. The summed E-state index contributed by atoms with van der Waals surface area (Å²) in [7, 11) is 3.27. The first-order valence-electron chi connectivity index (χ1n) is 9.43. The normalized spacial score (nSPS) is 11.6. The van der Waals surface area contributed by atoms with Gasteiger partial charge in [0.15, 0.2) is 0 Å². The Bertz CT molecular complexity index is 1410. The number of aromatic nitrogens is 2. The van der Waals surface area contributed by atoms with Crippen LogP contribution in [-0.2, 0) is 4.74 Å². The number of nitrogens with one attached hydrogen (secondary N) is 2. The Labute approximate surface area is 166 Å². The van der Waals surface area contributed by atoms with Crippen LogP contribution in [0.1, 0.15) is 17.3 Å². The molecule has 0 atom stereocenters. The molecular weight excluding hydrogens is 368 g/mol. The van der Waals surface area contributed by atoms with Crippen molar-refractivity contribution in [3.8, 4) is 11.5 Å². The summed E-state index contributed by atoms with van der Waals surface area (Å²) in [6, 6.07) is 13.7. The molecule has 29 heavy (non-hydrogen) atoms. The molecule has 0 aliphatic carbocycles. The second-order valence-corrected chi connectivity index (χ2v) is 6.89. The number of ether oxygens (including phenoxy) is 3. The fourth-order valence-electron chi connectivity index (χ4n) is 4.04. The van der Waals surface area contributed by atoms with E-state index in [0.29, 0.717) is 12.2 Å². The predicted octanol–water partition coefficient (Wildman–Crippen LogP) is 5.15. The van der Waals surface area contributed by atoms with Gasteiger partial charge in [0.05, 0.1) is 31.9 Å². The average Bonchev–Trinajstić information content (AvgIpc) is 3.28. The Hall–Kier alpha value is -3.67. The molecule has 0 bridgehead atoms. The number of rotatable bonds is 4. The second kappa shape index (κ2) is 6.44. The van der Waals surface area contributed by atoms with Crippen LogP contribution in [0.2, 0.25) is 0 Å². The molecule has 0 radical (unpaired) electrons. The number of esters is 1. The van der Waals surface area contributed by atoms with Gasteiger partial charge in [0, 0.05) is 38.1 Å². The lowest BCUT2D eigenvalue weighted by molar-refractivity contribution is 0.0531. The third-order valence-electron chi connectivity index (χ3n) is 5.35. The van der Waals surface area contributed by atoms with Gasteiger partial charge < -0.3 is 24.2 Å². The number of fused-ring (bicyclic) bond motifs is 6. The number of hydrogen-bond donors (Lipinski definition) is 2. The number of benzene rings is 3. The minimum Gasteiger partial charge on any atom is -0.497 e. The van der Waals surface area contributed by atoms with Crippen LogP contribution in [0, 0.1) is 0 Å². The zero-order chi connectivity index (χ0) is 20.1. The fourth-order valence-corrected chi connectivity index (χ4v) is 4.04. The Balaban J connectivity index is 1.97. The maximum absolute atomic E-state index is 13.1. The number of aromatic amines is 2. The molecule has 3 aromatic carbocycles. The third-order valence-corrected chi connectivity index (χ3v) is 5.35. The summed E-state index contributed by atoms with van der Waals surface area (Å²) in [6.07, 6.45) is 0. The van der Waals surface area contributed by atoms with Crippen molar-refractivity contribution in [2.75, 3.05) is 20.8 Å². The van der Waals surface area contributed by atoms with E-state index in [-0.39, 0.29) is 5.97 Å². The maximum Gasteiger partial charge on any atom is 0.340 e. The maximum atomic E-state index is 13.1. The lowest BCUT2D eigenvalue weighted by Gasteiger charge is -2.07. The average molecular weight is 388 g/mol. The van der Waals surface area contributed by atoms with E-state index in [1.165, 1.54) is 0 Å². The van der Waals surface area contributed by atoms with Crippen molar-refractivity contribution >= 4 is 49.6 Å². The second-order valence-electron chi connectivity index (χ2n) is 6.89. The van der Waals surface area contributed by atoms with Crippen molar-refractivity contribution in [2.24, 2.45) is 0 Å². The molecule has 0 unspecified atom stereocenters. The number of hydrogen-bond acceptors (Lipinski definition) is 4. The van der Waals surface area contributed by atoms with Gasteiger partial charge in [-0.1, -0.05) is 0 Å². The molecule has 2 heterocycles. The minimum atomic E-state index is -0.356. The van der Waals surface area contributed by atoms with Crippen LogP contribution in [-0.4, -0.2) is 36.8 Å². The van der Waals surface area contributed by atoms with Crippen LogP contribution >= 0.6 is 0 Å². The van der Waals surface area contributed by atoms with Gasteiger partial charge in [-0.15, -0.1) is 0 Å². The third kappa shape index (κ3) is 2.52. The molecule has 5 aromatic rings. The van der Waals surface area contributed by atoms with E-state index >= 15 is 0 Å². The summed E-state index contributed by atoms with van der Waals surface area (Å²) in [4.78, 5) is 19.9. The molecule has 0 amide bonds. The smallest absolute Gasteiger partial charge is 0.340 e. The summed E-state index contributed by atoms with van der Waals surface area (Å²) in [6.45, 7) is 2.11. The van der Waals surface area contributed by atoms with Crippen molar-refractivity contribution in [3.63, 3.8) is 0 Å². The van der Waals surface area contributed by atoms with Crippen LogP contribution in [0.15, 0.2) is 42.5 Å². The van der Waals surface area contributed by atoms with Crippen LogP contribution < -0.4 is 9.47 Å². The molecule has 6 heteroatoms. The molecule has 0 fully saturated rings. The van der Waals surface area contributed by atoms with E-state index < -0.39 is 0 Å². The standard InChI is InChI=1S/C23H20N2O4/c1-4-29-23(26)21-20-16-10-13(28-3)6-8-18(16)24-19(20)11-15-14-9-12(27-2)5-7-17(14)25-22(15)21/h5-11,24-25H,4H2,1-3H3. The van der Waals surface area contributed by atoms with Gasteiger partial charge in [0.25, 0.3) is 0 Å². The Morgan fingerprint density at radius 1 is 0.828 bits per heavy atom. The molecule has 0 saturated heterocycles. The molecule has 0 aliphatic heterocycles. The molecular formula is C23H20N2O4. The molecule has 5 rings (SSSR count). The molecule has 146 valence electrons. The largest absolute Gasteiger partial charge is 0.497 e. The van der Waals surface area contributed by atoms with Crippen molar-refractivity contribution in [2.45, 2.75) is 6.92 Å². The number of carbonyl (C=O) groups is 1. The van der Waals surface area contributed by atoms with E-state index in [0.717, 1.165) is 55.1 Å². The molecule has 0 aliphatic rings. The first-order valence-corrected chi connectivity index (χ1v) is 9.43. The van der Waals surface area contributed by atoms with Gasteiger partial charge in [-0.25, -0.2) is 4.79 Å². The van der Waals surface area contributed by atoms with Crippen LogP contribution in [0.3, 0.4) is 0 Å². The van der Waals surface area contributed by atoms with Gasteiger partial charge in [-0.05, 0) is 49.4 Å². The van der Waals surface area contributed by atoms with Gasteiger partial charge in [0.2, 0.25) is 0 Å². The monoisotopic (exact) mass is 388 g/mol. The SMILES string of the molecule is CCOC(=O)c1c2[nH]c3ccc(OC)cc3c2cc2[nH]c3ccc(OC)cc3c12. The molecule has 0 spiro atoms. The van der Waals surface area contributed by atoms with Crippen LogP contribution in [0.25, 0.3) is 43.6 Å². The van der Waals surface area contributed by atoms with Gasteiger partial charge in [0.1, 0.15) is 11.5 Å². The fraction of sp³-hybridized carbons (Fsp3) is 0.174. The van der Waals surface area contributed by atoms with E-state index in [4.69, 9.17) is 14.2 Å². The van der Waals surface area contributed by atoms with Crippen LogP contribution in [0.5, 0.6) is 11.5 Å². The highest BCUT2D eigenvalue weighted by Gasteiger charge is 2.22. The summed E-state index contributed by atoms with van der Waals surface area (Å²) >= 11 is 0. The predicted molar refractivity (Wildman–Crippen MR) is 114 cm³/mol. The summed E-state index contributed by atoms with van der Waals surface area (Å²) in [5, 5.41) is 3.67. The zero-order valence-corrected chi connectivity index (χ0v) is 16.4. The molecule has 2 aromatic heterocycles. The number of carbonyl (C=O) groups excluding carboxylic acids is 1. The minimum absolute atomic E-state index is 0.302. The molecule has 6 nitrogen and oxygen atoms in total. The first kappa shape index (κ1) is 17.4. The van der Waals surface area contributed by atoms with Gasteiger partial charge >= 0.3 is 5.97 Å². The summed E-state index contributed by atoms with van der Waals surface area (Å²) in [5.74, 6) is 1.14. The van der Waals surface area contributed by atoms with Crippen LogP contribution in [0.4, 0.5) is 0 Å². The number of H-pyrrole nitrogens is 2. The molecule has 0 saturated carbocycles. The quantitative estimate of drug-likeness (QED) is 0.418. The Kier molecular flexibility index (Phi) is 3.87. The Morgan fingerprint density at radius 2 is 1.48 bits per heavy atom. The van der Waals surface area contributed by atoms with E-state index in [9.17, 15) is 4.79 Å². The topological polar surface area (TPSA) is 76.3 Å². The highest BCUT2D eigenvalue weighted by molar-refractivity contribution is 6.26. The van der Waals surface area contributed by atoms with Crippen molar-refractivity contribution < 1.29 is 19.0 Å². The van der Waals surface area contributed by atoms with E-state index in [1.807, 2.05) is 43.3 Å².